The van der Waals surface area contributed by atoms with E-state index in [4.69, 9.17) is 14.2 Å². The van der Waals surface area contributed by atoms with Gasteiger partial charge in [0, 0.05) is 18.4 Å². The number of rotatable bonds is 8. The van der Waals surface area contributed by atoms with Crippen molar-refractivity contribution in [3.05, 3.63) is 53.0 Å². The number of para-hydroxylation sites is 1. The second-order valence-electron chi connectivity index (χ2n) is 6.68. The van der Waals surface area contributed by atoms with Crippen molar-refractivity contribution >= 4 is 33.3 Å². The maximum absolute atomic E-state index is 12.3. The fourth-order valence-corrected chi connectivity index (χ4v) is 4.09. The number of carbonyl (C=O) groups is 2. The Morgan fingerprint density at radius 1 is 1.03 bits per heavy atom. The number of Topliss-reactive ketones (excluding diaryl/α,β-unsaturated/α-hetero) is 1. The number of benzene rings is 2. The molecule has 0 saturated carbocycles. The topological polar surface area (TPSA) is 74.7 Å². The molecule has 0 unspecified atom stereocenters. The fraction of sp³-hybridized carbons (Fsp3) is 0.318. The van der Waals surface area contributed by atoms with E-state index in [2.05, 4.69) is 11.1 Å². The molecule has 150 valence electrons. The summed E-state index contributed by atoms with van der Waals surface area (Å²) < 4.78 is 17.4. The fourth-order valence-electron chi connectivity index (χ4n) is 3.09. The van der Waals surface area contributed by atoms with Gasteiger partial charge in [0.25, 0.3) is 0 Å². The van der Waals surface area contributed by atoms with Crippen molar-refractivity contribution in [1.82, 2.24) is 4.98 Å². The molecule has 7 heteroatoms. The van der Waals surface area contributed by atoms with Gasteiger partial charge >= 0.3 is 5.97 Å². The molecule has 0 spiro atoms. The lowest BCUT2D eigenvalue weighted by Gasteiger charge is -2.18. The number of fused-ring (bicyclic) bond motifs is 2. The second-order valence-corrected chi connectivity index (χ2v) is 7.80. The van der Waals surface area contributed by atoms with Gasteiger partial charge in [-0.15, -0.1) is 11.3 Å². The smallest absolute Gasteiger partial charge is 0.306 e. The lowest BCUT2D eigenvalue weighted by atomic mass is 10.1. The van der Waals surface area contributed by atoms with Crippen molar-refractivity contribution in [1.29, 1.82) is 0 Å². The van der Waals surface area contributed by atoms with Crippen molar-refractivity contribution in [3.8, 4) is 11.5 Å². The average molecular weight is 411 g/mol. The zero-order chi connectivity index (χ0) is 20.1. The number of aryl methyl sites for hydroxylation is 1. The minimum absolute atomic E-state index is 0.0639. The summed E-state index contributed by atoms with van der Waals surface area (Å²) in [6.45, 7) is 1.30. The Morgan fingerprint density at radius 2 is 1.86 bits per heavy atom. The Hall–Kier alpha value is -2.93. The summed E-state index contributed by atoms with van der Waals surface area (Å²) in [6, 6.07) is 13.1. The third kappa shape index (κ3) is 4.92. The van der Waals surface area contributed by atoms with Crippen LogP contribution < -0.4 is 9.47 Å². The van der Waals surface area contributed by atoms with Crippen LogP contribution >= 0.6 is 11.3 Å². The molecule has 1 aromatic heterocycles. The number of aromatic nitrogens is 1. The van der Waals surface area contributed by atoms with E-state index in [9.17, 15) is 9.59 Å². The number of ketones is 1. The van der Waals surface area contributed by atoms with Gasteiger partial charge in [0.05, 0.1) is 28.3 Å². The number of hydrogen-bond donors (Lipinski definition) is 0. The summed E-state index contributed by atoms with van der Waals surface area (Å²) in [4.78, 5) is 28.8. The van der Waals surface area contributed by atoms with Crippen LogP contribution in [0.25, 0.3) is 10.2 Å². The highest BCUT2D eigenvalue weighted by Crippen LogP contribution is 2.31. The molecule has 3 aromatic rings. The Bertz CT molecular complexity index is 996. The molecule has 0 saturated heterocycles. The minimum atomic E-state index is -0.361. The van der Waals surface area contributed by atoms with Crippen LogP contribution in [-0.2, 0) is 16.0 Å². The highest BCUT2D eigenvalue weighted by Gasteiger charge is 2.16. The highest BCUT2D eigenvalue weighted by atomic mass is 32.1. The third-order valence-corrected chi connectivity index (χ3v) is 5.65. The van der Waals surface area contributed by atoms with Gasteiger partial charge in [-0.05, 0) is 36.8 Å². The first-order valence-corrected chi connectivity index (χ1v) is 10.4. The Labute approximate surface area is 172 Å². The lowest BCUT2D eigenvalue weighted by molar-refractivity contribution is -0.143. The molecule has 29 heavy (non-hydrogen) atoms. The molecule has 0 fully saturated rings. The highest BCUT2D eigenvalue weighted by molar-refractivity contribution is 7.18. The van der Waals surface area contributed by atoms with E-state index in [0.29, 0.717) is 43.3 Å². The van der Waals surface area contributed by atoms with E-state index in [0.717, 1.165) is 21.6 Å². The van der Waals surface area contributed by atoms with Crippen LogP contribution in [0.5, 0.6) is 11.5 Å². The van der Waals surface area contributed by atoms with Crippen molar-refractivity contribution in [2.75, 3.05) is 19.8 Å². The quantitative estimate of drug-likeness (QED) is 0.314. The largest absolute Gasteiger partial charge is 0.486 e. The lowest BCUT2D eigenvalue weighted by Crippen LogP contribution is -2.16. The molecule has 0 atom stereocenters. The number of thiazole rings is 1. The van der Waals surface area contributed by atoms with E-state index in [-0.39, 0.29) is 24.6 Å². The van der Waals surface area contributed by atoms with Crippen molar-refractivity contribution in [2.45, 2.75) is 25.7 Å². The first-order valence-electron chi connectivity index (χ1n) is 9.62. The Kier molecular flexibility index (Phi) is 6.05. The summed E-state index contributed by atoms with van der Waals surface area (Å²) in [7, 11) is 0. The Balaban J connectivity index is 1.18. The van der Waals surface area contributed by atoms with E-state index in [1.807, 2.05) is 18.2 Å². The Morgan fingerprint density at radius 3 is 2.72 bits per heavy atom. The zero-order valence-electron chi connectivity index (χ0n) is 15.9. The van der Waals surface area contributed by atoms with Crippen molar-refractivity contribution in [3.63, 3.8) is 0 Å². The first kappa shape index (κ1) is 19.4. The summed E-state index contributed by atoms with van der Waals surface area (Å²) >= 11 is 1.66. The second kappa shape index (κ2) is 9.05. The van der Waals surface area contributed by atoms with Crippen LogP contribution in [0, 0.1) is 0 Å². The van der Waals surface area contributed by atoms with Gasteiger partial charge in [-0.3, -0.25) is 9.59 Å². The van der Waals surface area contributed by atoms with Gasteiger partial charge < -0.3 is 14.2 Å². The van der Waals surface area contributed by atoms with Gasteiger partial charge in [-0.1, -0.05) is 12.1 Å². The van der Waals surface area contributed by atoms with Gasteiger partial charge in [0.15, 0.2) is 17.3 Å². The predicted octanol–water partition coefficient (Wildman–Crippen LogP) is 4.21. The van der Waals surface area contributed by atoms with Crippen molar-refractivity contribution in [2.24, 2.45) is 0 Å². The van der Waals surface area contributed by atoms with E-state index in [1.54, 1.807) is 29.5 Å². The SMILES string of the molecule is O=C(CCC(=O)c1ccc2c(c1)OCCO2)OCCCc1nc2ccccc2s1. The number of hydrogen-bond acceptors (Lipinski definition) is 7. The molecular weight excluding hydrogens is 390 g/mol. The van der Waals surface area contributed by atoms with Crippen LogP contribution in [0.3, 0.4) is 0 Å². The zero-order valence-corrected chi connectivity index (χ0v) is 16.7. The summed E-state index contributed by atoms with van der Waals surface area (Å²) in [5, 5.41) is 1.04. The molecule has 0 N–H and O–H groups in total. The number of esters is 1. The summed E-state index contributed by atoms with van der Waals surface area (Å²) in [5.41, 5.74) is 1.51. The average Bonchev–Trinajstić information content (AvgIpc) is 3.17. The molecule has 2 heterocycles. The van der Waals surface area contributed by atoms with Gasteiger partial charge in [-0.25, -0.2) is 4.98 Å². The van der Waals surface area contributed by atoms with E-state index < -0.39 is 0 Å². The summed E-state index contributed by atoms with van der Waals surface area (Å²) in [5.74, 6) is 0.730. The number of nitrogens with zero attached hydrogens (tertiary/aromatic N) is 1. The molecular formula is C22H21NO5S. The molecule has 1 aliphatic rings. The van der Waals surface area contributed by atoms with Gasteiger partial charge in [0.2, 0.25) is 0 Å². The molecule has 0 bridgehead atoms. The number of carbonyl (C=O) groups excluding carboxylic acids is 2. The van der Waals surface area contributed by atoms with Crippen LogP contribution in [-0.4, -0.2) is 36.6 Å². The van der Waals surface area contributed by atoms with Gasteiger partial charge in [-0.2, -0.15) is 0 Å². The molecule has 0 radical (unpaired) electrons. The molecule has 6 nitrogen and oxygen atoms in total. The molecule has 1 aliphatic heterocycles. The van der Waals surface area contributed by atoms with Crippen LogP contribution in [0.2, 0.25) is 0 Å². The molecule has 0 aliphatic carbocycles. The maximum Gasteiger partial charge on any atom is 0.306 e. The molecule has 4 rings (SSSR count). The van der Waals surface area contributed by atoms with Crippen LogP contribution in [0.15, 0.2) is 42.5 Å². The van der Waals surface area contributed by atoms with Crippen LogP contribution in [0.4, 0.5) is 0 Å². The van der Waals surface area contributed by atoms with Gasteiger partial charge in [0.1, 0.15) is 13.2 Å². The normalized spacial score (nSPS) is 12.7. The van der Waals surface area contributed by atoms with E-state index in [1.165, 1.54) is 0 Å². The van der Waals surface area contributed by atoms with Crippen molar-refractivity contribution < 1.29 is 23.8 Å². The van der Waals surface area contributed by atoms with E-state index >= 15 is 0 Å². The van der Waals surface area contributed by atoms with Crippen LogP contribution in [0.1, 0.15) is 34.6 Å². The maximum atomic E-state index is 12.3. The third-order valence-electron chi connectivity index (χ3n) is 4.56. The predicted molar refractivity (Wildman–Crippen MR) is 110 cm³/mol. The molecule has 0 amide bonds. The summed E-state index contributed by atoms with van der Waals surface area (Å²) in [6.07, 6.45) is 1.65. The monoisotopic (exact) mass is 411 g/mol. The molecule has 2 aromatic carbocycles. The first-order chi connectivity index (χ1) is 14.2. The standard InChI is InChI=1S/C22H21NO5S/c24-17(15-7-9-18-19(14-15)27-13-12-26-18)8-10-22(25)28-11-3-6-21-23-16-4-1-2-5-20(16)29-21/h1-2,4-5,7,9,14H,3,6,8,10-13H2. The number of ether oxygens (including phenoxy) is 3. The minimum Gasteiger partial charge on any atom is -0.486 e.